The van der Waals surface area contributed by atoms with Gasteiger partial charge < -0.3 is 0 Å². The van der Waals surface area contributed by atoms with Gasteiger partial charge in [-0.3, -0.25) is 10.1 Å². The number of nitro groups is 1. The van der Waals surface area contributed by atoms with Crippen LogP contribution in [0.3, 0.4) is 0 Å². The number of rotatable bonds is 4. The van der Waals surface area contributed by atoms with Crippen molar-refractivity contribution in [3.63, 3.8) is 0 Å². The van der Waals surface area contributed by atoms with Gasteiger partial charge in [0.05, 0.1) is 11.1 Å². The molecular weight excluding hydrogens is 398 g/mol. The first-order valence-corrected chi connectivity index (χ1v) is 9.22. The van der Waals surface area contributed by atoms with Crippen LogP contribution < -0.4 is 0 Å². The quantitative estimate of drug-likeness (QED) is 0.269. The Morgan fingerprint density at radius 2 is 1.93 bits per heavy atom. The highest BCUT2D eigenvalue weighted by Crippen LogP contribution is 2.26. The number of hydrogen-bond acceptors (Lipinski definition) is 5. The molecule has 28 heavy (non-hydrogen) atoms. The number of aromatic nitrogens is 3. The fraction of sp³-hybridized carbons (Fsp3) is 0.211. The number of aromatic amines is 1. The van der Waals surface area contributed by atoms with E-state index in [1.807, 2.05) is 24.3 Å². The predicted molar refractivity (Wildman–Crippen MR) is 113 cm³/mol. The van der Waals surface area contributed by atoms with E-state index in [0.29, 0.717) is 21.2 Å². The van der Waals surface area contributed by atoms with Crippen LogP contribution in [0.4, 0.5) is 5.69 Å². The molecule has 0 spiro atoms. The number of nitro benzene ring substituents is 1. The third-order valence-corrected chi connectivity index (χ3v) is 4.77. The van der Waals surface area contributed by atoms with E-state index in [-0.39, 0.29) is 11.1 Å². The van der Waals surface area contributed by atoms with Gasteiger partial charge >= 0.3 is 0 Å². The number of non-ortho nitro benzene ring substituents is 1. The van der Waals surface area contributed by atoms with Gasteiger partial charge in [-0.15, -0.1) is 0 Å². The van der Waals surface area contributed by atoms with Gasteiger partial charge in [0.1, 0.15) is 0 Å². The molecule has 0 fully saturated rings. The summed E-state index contributed by atoms with van der Waals surface area (Å²) in [6.45, 7) is 6.43. The average molecular weight is 416 g/mol. The maximum Gasteiger partial charge on any atom is 0.270 e. The third kappa shape index (κ3) is 4.18. The van der Waals surface area contributed by atoms with Crippen molar-refractivity contribution >= 4 is 35.7 Å². The van der Waals surface area contributed by atoms with Crippen LogP contribution in [0.15, 0.2) is 47.6 Å². The van der Waals surface area contributed by atoms with Crippen molar-refractivity contribution in [1.82, 2.24) is 14.9 Å². The summed E-state index contributed by atoms with van der Waals surface area (Å²) in [6.07, 6.45) is 1.42. The van der Waals surface area contributed by atoms with Crippen LogP contribution in [0, 0.1) is 14.9 Å². The van der Waals surface area contributed by atoms with E-state index in [2.05, 4.69) is 36.1 Å². The van der Waals surface area contributed by atoms with Crippen LogP contribution in [-0.2, 0) is 5.41 Å². The second kappa shape index (κ2) is 7.65. The molecule has 0 radical (unpaired) electrons. The molecule has 1 N–H and O–H groups in total. The summed E-state index contributed by atoms with van der Waals surface area (Å²) in [4.78, 5) is 10.5. The average Bonchev–Trinajstić information content (AvgIpc) is 3.01. The number of hydrogen-bond donors (Lipinski definition) is 1. The largest absolute Gasteiger partial charge is 0.270 e. The summed E-state index contributed by atoms with van der Waals surface area (Å²) >= 11 is 11.4. The zero-order valence-electron chi connectivity index (χ0n) is 15.5. The first kappa shape index (κ1) is 19.9. The topological polar surface area (TPSA) is 89.1 Å². The lowest BCUT2D eigenvalue weighted by Gasteiger charge is -2.18. The summed E-state index contributed by atoms with van der Waals surface area (Å²) in [7, 11) is 0. The van der Waals surface area contributed by atoms with Crippen LogP contribution in [-0.4, -0.2) is 26.0 Å². The van der Waals surface area contributed by atoms with Crippen molar-refractivity contribution in [2.24, 2.45) is 5.10 Å². The molecule has 1 heterocycles. The number of halogens is 1. The molecule has 7 nitrogen and oxygen atoms in total. The van der Waals surface area contributed by atoms with Crippen molar-refractivity contribution in [3.8, 4) is 11.4 Å². The first-order valence-electron chi connectivity index (χ1n) is 8.43. The lowest BCUT2D eigenvalue weighted by molar-refractivity contribution is -0.384. The molecule has 0 saturated carbocycles. The number of H-pyrrole nitrogens is 1. The Morgan fingerprint density at radius 1 is 1.25 bits per heavy atom. The molecule has 0 atom stereocenters. The molecule has 0 saturated heterocycles. The Bertz CT molecular complexity index is 1110. The lowest BCUT2D eigenvalue weighted by atomic mass is 9.87. The van der Waals surface area contributed by atoms with E-state index in [0.717, 1.165) is 5.56 Å². The summed E-state index contributed by atoms with van der Waals surface area (Å²) in [5.41, 5.74) is 2.42. The molecule has 9 heteroatoms. The van der Waals surface area contributed by atoms with E-state index in [9.17, 15) is 10.1 Å². The second-order valence-corrected chi connectivity index (χ2v) is 7.99. The van der Waals surface area contributed by atoms with Gasteiger partial charge in [-0.2, -0.15) is 14.9 Å². The smallest absolute Gasteiger partial charge is 0.258 e. The molecule has 144 valence electrons. The summed E-state index contributed by atoms with van der Waals surface area (Å²) in [5.74, 6) is 0.531. The van der Waals surface area contributed by atoms with E-state index in [4.69, 9.17) is 23.8 Å². The van der Waals surface area contributed by atoms with Gasteiger partial charge in [-0.1, -0.05) is 56.6 Å². The Morgan fingerprint density at radius 3 is 2.54 bits per heavy atom. The van der Waals surface area contributed by atoms with Crippen LogP contribution in [0.5, 0.6) is 0 Å². The maximum atomic E-state index is 11.0. The fourth-order valence-corrected chi connectivity index (χ4v) is 2.91. The zero-order chi connectivity index (χ0) is 20.5. The molecule has 0 bridgehead atoms. The summed E-state index contributed by atoms with van der Waals surface area (Å²) in [5, 5.41) is 22.6. The third-order valence-electron chi connectivity index (χ3n) is 4.16. The number of nitrogens with zero attached hydrogens (tertiary/aromatic N) is 4. The minimum absolute atomic E-state index is 0.0418. The highest BCUT2D eigenvalue weighted by atomic mass is 35.5. The molecule has 3 rings (SSSR count). The molecule has 0 aliphatic carbocycles. The molecule has 0 aliphatic rings. The standard InChI is InChI=1S/C19H18ClN5O2S/c1-19(2,3)14-6-4-12(5-7-14)17-22-23-18(28)24(17)21-11-13-10-15(25(26)27)8-9-16(13)20/h4-11H,1-3H3,(H,23,28)/b21-11+. The van der Waals surface area contributed by atoms with E-state index < -0.39 is 4.92 Å². The lowest BCUT2D eigenvalue weighted by Crippen LogP contribution is -2.10. The normalized spacial score (nSPS) is 11.9. The Balaban J connectivity index is 1.98. The Hall–Kier alpha value is -2.84. The number of nitrogens with one attached hydrogen (secondary N) is 1. The van der Waals surface area contributed by atoms with Crippen LogP contribution >= 0.6 is 23.8 Å². The summed E-state index contributed by atoms with van der Waals surface area (Å²) in [6, 6.07) is 12.1. The minimum atomic E-state index is -0.487. The van der Waals surface area contributed by atoms with Gasteiger partial charge in [0, 0.05) is 28.3 Å². The molecule has 2 aromatic carbocycles. The minimum Gasteiger partial charge on any atom is -0.258 e. The molecular formula is C19H18ClN5O2S. The molecule has 0 unspecified atom stereocenters. The van der Waals surface area contributed by atoms with Gasteiger partial charge in [0.15, 0.2) is 5.82 Å². The zero-order valence-corrected chi connectivity index (χ0v) is 17.1. The number of benzene rings is 2. The molecule has 0 amide bonds. The van der Waals surface area contributed by atoms with Gasteiger partial charge in [0.2, 0.25) is 4.77 Å². The SMILES string of the molecule is CC(C)(C)c1ccc(-c2n[nH]c(=S)n2/N=C/c2cc([N+](=O)[O-])ccc2Cl)cc1. The Kier molecular flexibility index (Phi) is 5.44. The maximum absolute atomic E-state index is 11.0. The highest BCUT2D eigenvalue weighted by Gasteiger charge is 2.15. The van der Waals surface area contributed by atoms with Crippen molar-refractivity contribution in [1.29, 1.82) is 0 Å². The highest BCUT2D eigenvalue weighted by molar-refractivity contribution is 7.71. The van der Waals surface area contributed by atoms with Crippen molar-refractivity contribution < 1.29 is 4.92 Å². The van der Waals surface area contributed by atoms with Crippen LogP contribution in [0.25, 0.3) is 11.4 Å². The van der Waals surface area contributed by atoms with Gasteiger partial charge in [-0.25, -0.2) is 5.10 Å². The van der Waals surface area contributed by atoms with Crippen LogP contribution in [0.2, 0.25) is 5.02 Å². The molecule has 0 aliphatic heterocycles. The van der Waals surface area contributed by atoms with Crippen LogP contribution in [0.1, 0.15) is 31.9 Å². The van der Waals surface area contributed by atoms with Gasteiger partial charge in [-0.05, 0) is 29.3 Å². The fourth-order valence-electron chi connectivity index (χ4n) is 2.57. The van der Waals surface area contributed by atoms with Crippen molar-refractivity contribution in [2.45, 2.75) is 26.2 Å². The molecule has 1 aromatic heterocycles. The predicted octanol–water partition coefficient (Wildman–Crippen LogP) is 5.35. The van der Waals surface area contributed by atoms with E-state index >= 15 is 0 Å². The van der Waals surface area contributed by atoms with Crippen molar-refractivity contribution in [3.05, 3.63) is 73.5 Å². The Labute approximate surface area is 171 Å². The first-order chi connectivity index (χ1) is 13.2. The van der Waals surface area contributed by atoms with Crippen molar-refractivity contribution in [2.75, 3.05) is 0 Å². The molecule has 3 aromatic rings. The van der Waals surface area contributed by atoms with E-state index in [1.54, 1.807) is 0 Å². The summed E-state index contributed by atoms with van der Waals surface area (Å²) < 4.78 is 1.75. The second-order valence-electron chi connectivity index (χ2n) is 7.20. The van der Waals surface area contributed by atoms with E-state index in [1.165, 1.54) is 34.7 Å². The van der Waals surface area contributed by atoms with Gasteiger partial charge in [0.25, 0.3) is 5.69 Å². The monoisotopic (exact) mass is 415 g/mol.